The summed E-state index contributed by atoms with van der Waals surface area (Å²) in [5.74, 6) is 0.977. The van der Waals surface area contributed by atoms with Gasteiger partial charge in [0.1, 0.15) is 12.4 Å². The Labute approximate surface area is 107 Å². The van der Waals surface area contributed by atoms with Crippen molar-refractivity contribution in [2.45, 2.75) is 25.9 Å². The molecular formula is C14H18N4. The van der Waals surface area contributed by atoms with Gasteiger partial charge in [0.25, 0.3) is 0 Å². The van der Waals surface area contributed by atoms with Crippen molar-refractivity contribution in [1.29, 1.82) is 5.26 Å². The van der Waals surface area contributed by atoms with Gasteiger partial charge in [0.15, 0.2) is 0 Å². The summed E-state index contributed by atoms with van der Waals surface area (Å²) in [4.78, 5) is 6.84. The van der Waals surface area contributed by atoms with Crippen LogP contribution in [0.15, 0.2) is 24.3 Å². The van der Waals surface area contributed by atoms with Crippen LogP contribution in [0.2, 0.25) is 0 Å². The second-order valence-electron chi connectivity index (χ2n) is 4.59. The third-order valence-corrected chi connectivity index (χ3v) is 3.22. The van der Waals surface area contributed by atoms with Crippen LogP contribution in [0.5, 0.6) is 0 Å². The van der Waals surface area contributed by atoms with Gasteiger partial charge < -0.3 is 4.57 Å². The van der Waals surface area contributed by atoms with Gasteiger partial charge in [0.2, 0.25) is 0 Å². The first-order valence-corrected chi connectivity index (χ1v) is 6.17. The lowest BCUT2D eigenvalue weighted by atomic mass is 10.2. The molecule has 0 radical (unpaired) electrons. The van der Waals surface area contributed by atoms with E-state index in [9.17, 15) is 0 Å². The van der Waals surface area contributed by atoms with E-state index in [2.05, 4.69) is 17.9 Å². The number of benzene rings is 1. The topological polar surface area (TPSA) is 44.9 Å². The molecule has 1 heterocycles. The Balaban J connectivity index is 2.62. The van der Waals surface area contributed by atoms with Gasteiger partial charge in [-0.15, -0.1) is 0 Å². The summed E-state index contributed by atoms with van der Waals surface area (Å²) < 4.78 is 2.02. The van der Waals surface area contributed by atoms with Crippen LogP contribution >= 0.6 is 0 Å². The first kappa shape index (κ1) is 12.6. The van der Waals surface area contributed by atoms with Crippen LogP contribution in [0.3, 0.4) is 0 Å². The van der Waals surface area contributed by atoms with Crippen LogP contribution in [0, 0.1) is 11.3 Å². The Bertz CT molecular complexity index is 577. The van der Waals surface area contributed by atoms with Gasteiger partial charge in [0, 0.05) is 0 Å². The Morgan fingerprint density at radius 1 is 1.39 bits per heavy atom. The quantitative estimate of drug-likeness (QED) is 0.827. The molecule has 1 unspecified atom stereocenters. The zero-order valence-electron chi connectivity index (χ0n) is 11.1. The normalized spacial score (nSPS) is 12.8. The van der Waals surface area contributed by atoms with Crippen molar-refractivity contribution in [3.8, 4) is 6.07 Å². The zero-order valence-corrected chi connectivity index (χ0v) is 11.1. The van der Waals surface area contributed by atoms with Crippen LogP contribution in [0.25, 0.3) is 11.0 Å². The molecule has 1 atom stereocenters. The molecule has 0 amide bonds. The largest absolute Gasteiger partial charge is 0.313 e. The minimum Gasteiger partial charge on any atom is -0.313 e. The molecule has 4 heteroatoms. The van der Waals surface area contributed by atoms with E-state index in [0.29, 0.717) is 6.54 Å². The van der Waals surface area contributed by atoms with Crippen molar-refractivity contribution >= 4 is 11.0 Å². The van der Waals surface area contributed by atoms with Crippen molar-refractivity contribution < 1.29 is 0 Å². The van der Waals surface area contributed by atoms with Crippen molar-refractivity contribution in [3.63, 3.8) is 0 Å². The lowest BCUT2D eigenvalue weighted by Crippen LogP contribution is -2.23. The van der Waals surface area contributed by atoms with Gasteiger partial charge in [-0.1, -0.05) is 19.1 Å². The number of para-hydroxylation sites is 2. The molecule has 18 heavy (non-hydrogen) atoms. The fourth-order valence-electron chi connectivity index (χ4n) is 2.36. The molecule has 0 N–H and O–H groups in total. The second kappa shape index (κ2) is 5.19. The van der Waals surface area contributed by atoms with Gasteiger partial charge in [-0.3, -0.25) is 4.90 Å². The molecule has 2 rings (SSSR count). The predicted octanol–water partition coefficient (Wildman–Crippen LogP) is 2.57. The molecule has 1 aromatic heterocycles. The molecule has 0 saturated carbocycles. The van der Waals surface area contributed by atoms with E-state index in [0.717, 1.165) is 23.3 Å². The Kier molecular flexibility index (Phi) is 3.63. The number of fused-ring (bicyclic) bond motifs is 1. The maximum Gasteiger partial charge on any atom is 0.128 e. The van der Waals surface area contributed by atoms with E-state index in [1.807, 2.05) is 42.9 Å². The van der Waals surface area contributed by atoms with E-state index < -0.39 is 0 Å². The Morgan fingerprint density at radius 2 is 2.11 bits per heavy atom. The van der Waals surface area contributed by atoms with Crippen LogP contribution in [-0.2, 0) is 6.54 Å². The molecule has 0 fully saturated rings. The fourth-order valence-corrected chi connectivity index (χ4v) is 2.36. The highest BCUT2D eigenvalue weighted by atomic mass is 15.2. The summed E-state index contributed by atoms with van der Waals surface area (Å²) in [7, 11) is 4.09. The molecule has 0 saturated heterocycles. The summed E-state index contributed by atoms with van der Waals surface area (Å²) >= 11 is 0. The van der Waals surface area contributed by atoms with Gasteiger partial charge in [-0.2, -0.15) is 5.26 Å². The summed E-state index contributed by atoms with van der Waals surface area (Å²) in [6.45, 7) is 2.49. The first-order valence-electron chi connectivity index (χ1n) is 6.17. The number of imidazole rings is 1. The molecule has 2 aromatic rings. The van der Waals surface area contributed by atoms with Crippen LogP contribution < -0.4 is 0 Å². The molecule has 0 aliphatic heterocycles. The highest BCUT2D eigenvalue weighted by Crippen LogP contribution is 2.25. The number of rotatable bonds is 4. The fraction of sp³-hybridized carbons (Fsp3) is 0.429. The van der Waals surface area contributed by atoms with Crippen LogP contribution in [0.1, 0.15) is 25.2 Å². The zero-order chi connectivity index (χ0) is 13.1. The minimum atomic E-state index is 0.241. The van der Waals surface area contributed by atoms with Crippen molar-refractivity contribution in [2.24, 2.45) is 0 Å². The minimum absolute atomic E-state index is 0.241. The summed E-state index contributed by atoms with van der Waals surface area (Å²) in [6, 6.07) is 10.4. The van der Waals surface area contributed by atoms with Crippen molar-refractivity contribution in [3.05, 3.63) is 30.1 Å². The lowest BCUT2D eigenvalue weighted by molar-refractivity contribution is 0.275. The third-order valence-electron chi connectivity index (χ3n) is 3.22. The Hall–Kier alpha value is -1.86. The van der Waals surface area contributed by atoms with E-state index in [4.69, 9.17) is 10.2 Å². The summed E-state index contributed by atoms with van der Waals surface area (Å²) in [5.41, 5.74) is 2.00. The third kappa shape index (κ3) is 2.09. The lowest BCUT2D eigenvalue weighted by Gasteiger charge is -2.22. The molecule has 0 aliphatic rings. The molecule has 4 nitrogen and oxygen atoms in total. The monoisotopic (exact) mass is 242 g/mol. The van der Waals surface area contributed by atoms with Gasteiger partial charge in [0.05, 0.1) is 23.1 Å². The number of aromatic nitrogens is 2. The predicted molar refractivity (Wildman–Crippen MR) is 72.1 cm³/mol. The molecular weight excluding hydrogens is 224 g/mol. The number of nitrogens with zero attached hydrogens (tertiary/aromatic N) is 4. The average Bonchev–Trinajstić information content (AvgIpc) is 2.70. The van der Waals surface area contributed by atoms with Crippen molar-refractivity contribution in [1.82, 2.24) is 14.5 Å². The average molecular weight is 242 g/mol. The maximum absolute atomic E-state index is 9.00. The van der Waals surface area contributed by atoms with Crippen LogP contribution in [0.4, 0.5) is 0 Å². The van der Waals surface area contributed by atoms with E-state index in [1.165, 1.54) is 0 Å². The van der Waals surface area contributed by atoms with Gasteiger partial charge >= 0.3 is 0 Å². The standard InChI is InChI=1S/C14H18N4/c1-4-12(17(2)3)14-16-11-7-5-6-8-13(11)18(14)10-9-15/h5-8,12H,4,10H2,1-3H3. The van der Waals surface area contributed by atoms with E-state index >= 15 is 0 Å². The second-order valence-corrected chi connectivity index (χ2v) is 4.59. The SMILES string of the molecule is CCC(c1nc2ccccc2n1CC#N)N(C)C. The first-order chi connectivity index (χ1) is 8.69. The van der Waals surface area contributed by atoms with E-state index in [1.54, 1.807) is 0 Å². The Morgan fingerprint density at radius 3 is 2.72 bits per heavy atom. The highest BCUT2D eigenvalue weighted by Gasteiger charge is 2.20. The highest BCUT2D eigenvalue weighted by molar-refractivity contribution is 5.76. The van der Waals surface area contributed by atoms with Crippen molar-refractivity contribution in [2.75, 3.05) is 14.1 Å². The molecule has 94 valence electrons. The summed E-state index contributed by atoms with van der Waals surface area (Å²) in [5, 5.41) is 9.00. The van der Waals surface area contributed by atoms with Gasteiger partial charge in [-0.05, 0) is 32.6 Å². The smallest absolute Gasteiger partial charge is 0.128 e. The number of nitriles is 1. The summed E-state index contributed by atoms with van der Waals surface area (Å²) in [6.07, 6.45) is 0.974. The molecule has 0 aliphatic carbocycles. The number of hydrogen-bond donors (Lipinski definition) is 0. The van der Waals surface area contributed by atoms with E-state index in [-0.39, 0.29) is 6.04 Å². The molecule has 1 aromatic carbocycles. The van der Waals surface area contributed by atoms with Gasteiger partial charge in [-0.25, -0.2) is 4.98 Å². The maximum atomic E-state index is 9.00. The molecule has 0 bridgehead atoms. The van der Waals surface area contributed by atoms with Crippen LogP contribution in [-0.4, -0.2) is 28.5 Å². The number of hydrogen-bond acceptors (Lipinski definition) is 3. The molecule has 0 spiro atoms.